The van der Waals surface area contributed by atoms with Gasteiger partial charge in [0.15, 0.2) is 0 Å². The number of fused-ring (bicyclic) bond motifs is 1. The highest BCUT2D eigenvalue weighted by molar-refractivity contribution is 6.31. The lowest BCUT2D eigenvalue weighted by Crippen LogP contribution is -2.25. The normalized spacial score (nSPS) is 16.3. The fourth-order valence-electron chi connectivity index (χ4n) is 3.29. The number of halogens is 3. The Hall–Kier alpha value is -2.73. The van der Waals surface area contributed by atoms with Crippen molar-refractivity contribution in [2.24, 2.45) is 0 Å². The number of carbonyl (C=O) groups is 1. The van der Waals surface area contributed by atoms with E-state index in [1.54, 1.807) is 23.0 Å². The predicted octanol–water partition coefficient (Wildman–Crippen LogP) is 4.59. The van der Waals surface area contributed by atoms with Crippen LogP contribution in [0.5, 0.6) is 0 Å². The maximum absolute atomic E-state index is 14.3. The van der Waals surface area contributed by atoms with Gasteiger partial charge in [-0.1, -0.05) is 17.7 Å². The number of nitrogens with zero attached hydrogens (tertiary/aromatic N) is 2. The predicted molar refractivity (Wildman–Crippen MR) is 94.8 cm³/mol. The van der Waals surface area contributed by atoms with Gasteiger partial charge in [-0.15, -0.1) is 0 Å². The van der Waals surface area contributed by atoms with E-state index in [-0.39, 0.29) is 17.9 Å². The number of hydrogen-bond acceptors (Lipinski definition) is 2. The van der Waals surface area contributed by atoms with E-state index in [2.05, 4.69) is 10.4 Å². The number of anilines is 1. The van der Waals surface area contributed by atoms with E-state index in [1.807, 2.05) is 13.0 Å². The number of rotatable bonds is 2. The second-order valence-corrected chi connectivity index (χ2v) is 6.62. The van der Waals surface area contributed by atoms with Gasteiger partial charge in [-0.2, -0.15) is 5.10 Å². The fraction of sp³-hybridized carbons (Fsp3) is 0.158. The zero-order chi connectivity index (χ0) is 18.4. The first-order valence-electron chi connectivity index (χ1n) is 8.04. The zero-order valence-electron chi connectivity index (χ0n) is 13.8. The number of nitrogens with one attached hydrogen (secondary N) is 1. The van der Waals surface area contributed by atoms with E-state index in [0.717, 1.165) is 23.8 Å². The Balaban J connectivity index is 1.88. The van der Waals surface area contributed by atoms with Crippen molar-refractivity contribution in [2.75, 3.05) is 5.32 Å². The lowest BCUT2D eigenvalue weighted by Gasteiger charge is -2.24. The largest absolute Gasteiger partial charge is 0.310 e. The van der Waals surface area contributed by atoms with Crippen molar-refractivity contribution >= 4 is 23.3 Å². The molecule has 0 unspecified atom stereocenters. The summed E-state index contributed by atoms with van der Waals surface area (Å²) in [4.78, 5) is 12.2. The van der Waals surface area contributed by atoms with Crippen molar-refractivity contribution in [3.63, 3.8) is 0 Å². The number of aromatic nitrogens is 2. The molecule has 132 valence electrons. The van der Waals surface area contributed by atoms with E-state index in [9.17, 15) is 13.6 Å². The molecular formula is C19H14ClF2N3O. The van der Waals surface area contributed by atoms with E-state index in [4.69, 9.17) is 11.6 Å². The van der Waals surface area contributed by atoms with Gasteiger partial charge in [0, 0.05) is 22.9 Å². The van der Waals surface area contributed by atoms with Gasteiger partial charge in [0.25, 0.3) is 0 Å². The molecule has 2 heterocycles. The molecule has 0 aliphatic carbocycles. The molecule has 4 nitrogen and oxygen atoms in total. The molecule has 3 aromatic rings. The van der Waals surface area contributed by atoms with Gasteiger partial charge in [-0.25, -0.2) is 13.5 Å². The second-order valence-electron chi connectivity index (χ2n) is 6.22. The maximum atomic E-state index is 14.3. The number of benzene rings is 2. The van der Waals surface area contributed by atoms with E-state index in [0.29, 0.717) is 22.1 Å². The average molecular weight is 374 g/mol. The highest BCUT2D eigenvalue weighted by Gasteiger charge is 2.32. The molecule has 4 rings (SSSR count). The molecule has 1 aromatic heterocycles. The summed E-state index contributed by atoms with van der Waals surface area (Å²) in [5.41, 5.74) is 2.28. The summed E-state index contributed by atoms with van der Waals surface area (Å²) in [5, 5.41) is 7.72. The molecule has 1 N–H and O–H groups in total. The molecule has 1 aliphatic heterocycles. The van der Waals surface area contributed by atoms with Crippen molar-refractivity contribution in [2.45, 2.75) is 19.3 Å². The lowest BCUT2D eigenvalue weighted by atomic mass is 9.87. The van der Waals surface area contributed by atoms with Crippen LogP contribution in [0.4, 0.5) is 14.6 Å². The lowest BCUT2D eigenvalue weighted by molar-refractivity contribution is -0.116. The van der Waals surface area contributed by atoms with Crippen LogP contribution in [-0.4, -0.2) is 15.7 Å². The Morgan fingerprint density at radius 2 is 2.04 bits per heavy atom. The molecule has 0 radical (unpaired) electrons. The van der Waals surface area contributed by atoms with Crippen LogP contribution in [0.15, 0.2) is 42.6 Å². The minimum Gasteiger partial charge on any atom is -0.310 e. The highest BCUT2D eigenvalue weighted by Crippen LogP contribution is 2.39. The molecule has 7 heteroatoms. The number of amides is 1. The van der Waals surface area contributed by atoms with Crippen LogP contribution in [0, 0.1) is 18.6 Å². The van der Waals surface area contributed by atoms with E-state index >= 15 is 0 Å². The molecule has 1 amide bonds. The van der Waals surface area contributed by atoms with Gasteiger partial charge in [-0.3, -0.25) is 4.79 Å². The number of carbonyl (C=O) groups excluding carboxylic acids is 1. The van der Waals surface area contributed by atoms with Gasteiger partial charge >= 0.3 is 0 Å². The molecule has 26 heavy (non-hydrogen) atoms. The van der Waals surface area contributed by atoms with E-state index in [1.165, 1.54) is 0 Å². The third-order valence-electron chi connectivity index (χ3n) is 4.62. The summed E-state index contributed by atoms with van der Waals surface area (Å²) in [6, 6.07) is 8.63. The van der Waals surface area contributed by atoms with Gasteiger partial charge in [0.05, 0.1) is 11.9 Å². The third kappa shape index (κ3) is 2.66. The Morgan fingerprint density at radius 1 is 1.23 bits per heavy atom. The number of hydrogen-bond donors (Lipinski definition) is 1. The molecule has 1 atom stereocenters. The SMILES string of the molecule is Cc1c(Cl)cccc1-n1ncc2c1NC(=O)C[C@@H]2c1cc(F)ccc1F. The summed E-state index contributed by atoms with van der Waals surface area (Å²) >= 11 is 6.19. The van der Waals surface area contributed by atoms with Crippen molar-refractivity contribution in [3.05, 3.63) is 75.9 Å². The minimum atomic E-state index is -0.609. The molecule has 2 aromatic carbocycles. The first-order chi connectivity index (χ1) is 12.5. The van der Waals surface area contributed by atoms with Crippen molar-refractivity contribution in [1.82, 2.24) is 9.78 Å². The van der Waals surface area contributed by atoms with Gasteiger partial charge in [0.2, 0.25) is 5.91 Å². The van der Waals surface area contributed by atoms with Crippen LogP contribution in [0.2, 0.25) is 5.02 Å². The first kappa shape index (κ1) is 16.7. The smallest absolute Gasteiger partial charge is 0.226 e. The second kappa shape index (κ2) is 6.21. The monoisotopic (exact) mass is 373 g/mol. The van der Waals surface area contributed by atoms with E-state index < -0.39 is 17.6 Å². The summed E-state index contributed by atoms with van der Waals surface area (Å²) in [6.07, 6.45) is 1.59. The van der Waals surface area contributed by atoms with Crippen molar-refractivity contribution < 1.29 is 13.6 Å². The summed E-state index contributed by atoms with van der Waals surface area (Å²) < 4.78 is 29.5. The van der Waals surface area contributed by atoms with Gasteiger partial charge in [0.1, 0.15) is 17.5 Å². The zero-order valence-corrected chi connectivity index (χ0v) is 14.5. The summed E-state index contributed by atoms with van der Waals surface area (Å²) in [7, 11) is 0. The Kier molecular flexibility index (Phi) is 4.00. The maximum Gasteiger partial charge on any atom is 0.226 e. The van der Waals surface area contributed by atoms with Crippen LogP contribution >= 0.6 is 11.6 Å². The minimum absolute atomic E-state index is 0.0214. The molecule has 0 saturated heterocycles. The first-order valence-corrected chi connectivity index (χ1v) is 8.41. The summed E-state index contributed by atoms with van der Waals surface area (Å²) in [5.74, 6) is -1.55. The Labute approximate surface area is 153 Å². The highest BCUT2D eigenvalue weighted by atomic mass is 35.5. The van der Waals surface area contributed by atoms with Gasteiger partial charge in [-0.05, 0) is 48.4 Å². The molecule has 0 spiro atoms. The van der Waals surface area contributed by atoms with Crippen LogP contribution in [-0.2, 0) is 4.79 Å². The molecular weight excluding hydrogens is 360 g/mol. The van der Waals surface area contributed by atoms with Crippen LogP contribution < -0.4 is 5.32 Å². The topological polar surface area (TPSA) is 46.9 Å². The quantitative estimate of drug-likeness (QED) is 0.714. The fourth-order valence-corrected chi connectivity index (χ4v) is 3.46. The Morgan fingerprint density at radius 3 is 2.85 bits per heavy atom. The average Bonchev–Trinajstić information content (AvgIpc) is 3.02. The third-order valence-corrected chi connectivity index (χ3v) is 5.03. The molecule has 0 bridgehead atoms. The summed E-state index contributed by atoms with van der Waals surface area (Å²) in [6.45, 7) is 1.85. The van der Waals surface area contributed by atoms with Crippen molar-refractivity contribution in [3.8, 4) is 5.69 Å². The van der Waals surface area contributed by atoms with Crippen molar-refractivity contribution in [1.29, 1.82) is 0 Å². The van der Waals surface area contributed by atoms with Crippen LogP contribution in [0.3, 0.4) is 0 Å². The van der Waals surface area contributed by atoms with Crippen LogP contribution in [0.1, 0.15) is 29.0 Å². The standard InChI is InChI=1S/C19H14ClF2N3O/c1-10-15(20)3-2-4-17(10)25-19-14(9-23-25)12(8-18(26)24-19)13-7-11(21)5-6-16(13)22/h2-7,9,12H,8H2,1H3,(H,24,26)/t12-/m1/s1. The van der Waals surface area contributed by atoms with Gasteiger partial charge < -0.3 is 5.32 Å². The Bertz CT molecular complexity index is 1030. The molecule has 1 aliphatic rings. The van der Waals surface area contributed by atoms with Crippen LogP contribution in [0.25, 0.3) is 5.69 Å². The molecule has 0 fully saturated rings. The molecule has 0 saturated carbocycles.